The van der Waals surface area contributed by atoms with Crippen molar-refractivity contribution in [2.75, 3.05) is 6.61 Å². The summed E-state index contributed by atoms with van der Waals surface area (Å²) in [7, 11) is 0. The Morgan fingerprint density at radius 3 is 2.67 bits per heavy atom. The second-order valence-electron chi connectivity index (χ2n) is 3.50. The van der Waals surface area contributed by atoms with Crippen LogP contribution in [0.4, 0.5) is 0 Å². The van der Waals surface area contributed by atoms with Crippen molar-refractivity contribution in [3.8, 4) is 5.75 Å². The highest BCUT2D eigenvalue weighted by atomic mass is 35.5. The summed E-state index contributed by atoms with van der Waals surface area (Å²) in [5, 5.41) is 4.01. The molecule has 1 aromatic carbocycles. The fourth-order valence-electron chi connectivity index (χ4n) is 1.37. The van der Waals surface area contributed by atoms with E-state index in [0.717, 1.165) is 5.75 Å². The van der Waals surface area contributed by atoms with E-state index < -0.39 is 5.56 Å². The summed E-state index contributed by atoms with van der Waals surface area (Å²) in [6.45, 7) is 0.638. The van der Waals surface area contributed by atoms with Gasteiger partial charge in [0.25, 0.3) is 5.56 Å². The van der Waals surface area contributed by atoms with Crippen LogP contribution in [0.15, 0.2) is 41.3 Å². The highest BCUT2D eigenvalue weighted by Gasteiger charge is 2.06. The third-order valence-corrected chi connectivity index (χ3v) is 3.01. The van der Waals surface area contributed by atoms with E-state index >= 15 is 0 Å². The molecule has 0 unspecified atom stereocenters. The van der Waals surface area contributed by atoms with Gasteiger partial charge in [-0.1, -0.05) is 41.4 Å². The number of rotatable bonds is 4. The molecule has 0 radical (unpaired) electrons. The first-order valence-corrected chi connectivity index (χ1v) is 6.03. The topological polar surface area (TPSA) is 44.1 Å². The summed E-state index contributed by atoms with van der Waals surface area (Å²) in [4.78, 5) is 11.7. The molecule has 1 aromatic heterocycles. The Morgan fingerprint density at radius 2 is 1.94 bits per heavy atom. The monoisotopic (exact) mass is 284 g/mol. The van der Waals surface area contributed by atoms with Gasteiger partial charge in [-0.05, 0) is 12.1 Å². The van der Waals surface area contributed by atoms with Crippen molar-refractivity contribution >= 4 is 23.2 Å². The molecule has 2 rings (SSSR count). The number of hydrogen-bond donors (Lipinski definition) is 0. The molecule has 0 atom stereocenters. The van der Waals surface area contributed by atoms with Crippen molar-refractivity contribution < 1.29 is 4.74 Å². The lowest BCUT2D eigenvalue weighted by atomic mass is 10.3. The van der Waals surface area contributed by atoms with E-state index in [4.69, 9.17) is 27.9 Å². The van der Waals surface area contributed by atoms with Crippen LogP contribution >= 0.6 is 23.2 Å². The second kappa shape index (κ2) is 5.89. The Morgan fingerprint density at radius 1 is 1.22 bits per heavy atom. The highest BCUT2D eigenvalue weighted by molar-refractivity contribution is 6.41. The van der Waals surface area contributed by atoms with Crippen LogP contribution in [0.25, 0.3) is 0 Å². The molecule has 0 N–H and O–H groups in total. The predicted molar refractivity (Wildman–Crippen MR) is 70.5 cm³/mol. The van der Waals surface area contributed by atoms with Gasteiger partial charge in [-0.15, -0.1) is 0 Å². The van der Waals surface area contributed by atoms with Gasteiger partial charge in [0, 0.05) is 0 Å². The van der Waals surface area contributed by atoms with Crippen molar-refractivity contribution in [1.29, 1.82) is 0 Å². The van der Waals surface area contributed by atoms with Crippen molar-refractivity contribution in [3.05, 3.63) is 56.9 Å². The Bertz CT molecular complexity index is 584. The van der Waals surface area contributed by atoms with Crippen molar-refractivity contribution in [3.63, 3.8) is 0 Å². The van der Waals surface area contributed by atoms with Gasteiger partial charge < -0.3 is 4.74 Å². The van der Waals surface area contributed by atoms with Gasteiger partial charge >= 0.3 is 0 Å². The number of hydrogen-bond acceptors (Lipinski definition) is 3. The van der Waals surface area contributed by atoms with Gasteiger partial charge in [-0.3, -0.25) is 4.79 Å². The van der Waals surface area contributed by atoms with Gasteiger partial charge in [0.1, 0.15) is 17.4 Å². The van der Waals surface area contributed by atoms with Crippen LogP contribution in [0.2, 0.25) is 10.0 Å². The molecule has 0 saturated carbocycles. The molecular formula is C12H10Cl2N2O2. The average Bonchev–Trinajstić information content (AvgIpc) is 2.40. The number of nitrogens with zero attached hydrogens (tertiary/aromatic N) is 2. The van der Waals surface area contributed by atoms with Gasteiger partial charge in [0.15, 0.2) is 0 Å². The lowest BCUT2D eigenvalue weighted by Crippen LogP contribution is -2.25. The summed E-state index contributed by atoms with van der Waals surface area (Å²) in [6, 6.07) is 9.33. The summed E-state index contributed by atoms with van der Waals surface area (Å²) in [6.07, 6.45) is 1.34. The first-order valence-electron chi connectivity index (χ1n) is 5.27. The molecule has 6 heteroatoms. The molecule has 0 aliphatic heterocycles. The van der Waals surface area contributed by atoms with Gasteiger partial charge in [-0.25, -0.2) is 4.68 Å². The molecule has 2 aromatic rings. The van der Waals surface area contributed by atoms with E-state index in [9.17, 15) is 4.79 Å². The quantitative estimate of drug-likeness (QED) is 0.867. The summed E-state index contributed by atoms with van der Waals surface area (Å²) < 4.78 is 6.68. The summed E-state index contributed by atoms with van der Waals surface area (Å²) in [5.74, 6) is 0.741. The first-order chi connectivity index (χ1) is 8.68. The maximum atomic E-state index is 11.7. The normalized spacial score (nSPS) is 10.3. The Kier molecular flexibility index (Phi) is 4.23. The Hall–Kier alpha value is -1.52. The molecule has 0 aliphatic carbocycles. The van der Waals surface area contributed by atoms with Gasteiger partial charge in [0.2, 0.25) is 0 Å². The molecule has 4 nitrogen and oxygen atoms in total. The van der Waals surface area contributed by atoms with Crippen LogP contribution in [-0.2, 0) is 6.54 Å². The third kappa shape index (κ3) is 3.03. The summed E-state index contributed by atoms with van der Waals surface area (Å²) in [5.41, 5.74) is -0.416. The molecule has 0 saturated heterocycles. The van der Waals surface area contributed by atoms with Gasteiger partial charge in [-0.2, -0.15) is 5.10 Å². The summed E-state index contributed by atoms with van der Waals surface area (Å²) >= 11 is 11.4. The predicted octanol–water partition coefficient (Wildman–Crippen LogP) is 2.63. The van der Waals surface area contributed by atoms with Crippen molar-refractivity contribution in [1.82, 2.24) is 9.78 Å². The van der Waals surface area contributed by atoms with E-state index in [1.807, 2.05) is 30.3 Å². The maximum absolute atomic E-state index is 11.7. The minimum absolute atomic E-state index is 0.0219. The molecule has 94 valence electrons. The zero-order chi connectivity index (χ0) is 13.0. The second-order valence-corrected chi connectivity index (χ2v) is 4.28. The van der Waals surface area contributed by atoms with E-state index in [-0.39, 0.29) is 10.0 Å². The minimum atomic E-state index is -0.416. The third-order valence-electron chi connectivity index (χ3n) is 2.26. The van der Waals surface area contributed by atoms with E-state index in [2.05, 4.69) is 5.10 Å². The number of halogens is 2. The van der Waals surface area contributed by atoms with E-state index in [0.29, 0.717) is 13.2 Å². The zero-order valence-electron chi connectivity index (χ0n) is 9.35. The number of aromatic nitrogens is 2. The van der Waals surface area contributed by atoms with Crippen LogP contribution in [0.5, 0.6) is 5.75 Å². The van der Waals surface area contributed by atoms with Crippen LogP contribution < -0.4 is 10.3 Å². The molecule has 0 aliphatic rings. The maximum Gasteiger partial charge on any atom is 0.287 e. The molecule has 1 heterocycles. The first kappa shape index (κ1) is 12.9. The molecule has 0 fully saturated rings. The molecule has 0 amide bonds. The van der Waals surface area contributed by atoms with Crippen LogP contribution in [0, 0.1) is 0 Å². The minimum Gasteiger partial charge on any atom is -0.492 e. The largest absolute Gasteiger partial charge is 0.492 e. The smallest absolute Gasteiger partial charge is 0.287 e. The standard InChI is InChI=1S/C12H10Cl2N2O2/c13-10-8-15-16(12(17)11(10)14)6-7-18-9-4-2-1-3-5-9/h1-5,8H,6-7H2. The van der Waals surface area contributed by atoms with Crippen LogP contribution in [0.3, 0.4) is 0 Å². The molecular weight excluding hydrogens is 275 g/mol. The molecule has 18 heavy (non-hydrogen) atoms. The van der Waals surface area contributed by atoms with Crippen LogP contribution in [-0.4, -0.2) is 16.4 Å². The average molecular weight is 285 g/mol. The fourth-order valence-corrected chi connectivity index (χ4v) is 1.64. The Balaban J connectivity index is 1.99. The molecule has 0 spiro atoms. The van der Waals surface area contributed by atoms with Crippen molar-refractivity contribution in [2.45, 2.75) is 6.54 Å². The fraction of sp³-hybridized carbons (Fsp3) is 0.167. The number of para-hydroxylation sites is 1. The lowest BCUT2D eigenvalue weighted by Gasteiger charge is -2.07. The van der Waals surface area contributed by atoms with E-state index in [1.165, 1.54) is 10.9 Å². The highest BCUT2D eigenvalue weighted by Crippen LogP contribution is 2.14. The Labute approximate surface area is 114 Å². The van der Waals surface area contributed by atoms with E-state index in [1.54, 1.807) is 0 Å². The zero-order valence-corrected chi connectivity index (χ0v) is 10.9. The number of benzene rings is 1. The van der Waals surface area contributed by atoms with Gasteiger partial charge in [0.05, 0.1) is 17.8 Å². The lowest BCUT2D eigenvalue weighted by molar-refractivity contribution is 0.288. The molecule has 0 bridgehead atoms. The SMILES string of the molecule is O=c1c(Cl)c(Cl)cnn1CCOc1ccccc1. The van der Waals surface area contributed by atoms with Crippen LogP contribution in [0.1, 0.15) is 0 Å². The van der Waals surface area contributed by atoms with Crippen molar-refractivity contribution in [2.24, 2.45) is 0 Å². The number of ether oxygens (including phenoxy) is 1.